The Kier molecular flexibility index (Phi) is 7.07. The van der Waals surface area contributed by atoms with Gasteiger partial charge in [-0.3, -0.25) is 25.1 Å². The van der Waals surface area contributed by atoms with Crippen LogP contribution in [0.3, 0.4) is 0 Å². The standard InChI is InChI=1S/C25H24N4O3S/c30-24(21-11-13-22(14-12-21)29(31)32)26-25(33)28-17-15-27(16-18-28)23(19-7-3-1-4-8-19)20-9-5-2-6-10-20/h1-14,23H,15-18H2,(H,26,30,33). The monoisotopic (exact) mass is 460 g/mol. The van der Waals surface area contributed by atoms with E-state index in [4.69, 9.17) is 12.2 Å². The van der Waals surface area contributed by atoms with Crippen LogP contribution in [0.2, 0.25) is 0 Å². The van der Waals surface area contributed by atoms with Crippen molar-refractivity contribution in [3.05, 3.63) is 112 Å². The molecule has 0 aromatic heterocycles. The summed E-state index contributed by atoms with van der Waals surface area (Å²) in [5.41, 5.74) is 2.75. The smallest absolute Gasteiger partial charge is 0.269 e. The van der Waals surface area contributed by atoms with E-state index in [0.717, 1.165) is 13.1 Å². The van der Waals surface area contributed by atoms with E-state index in [9.17, 15) is 14.9 Å². The number of carbonyl (C=O) groups is 1. The number of nitro benzene ring substituents is 1. The molecule has 0 atom stereocenters. The van der Waals surface area contributed by atoms with Crippen molar-refractivity contribution in [1.29, 1.82) is 0 Å². The highest BCUT2D eigenvalue weighted by molar-refractivity contribution is 7.80. The minimum Gasteiger partial charge on any atom is -0.346 e. The predicted octanol–water partition coefficient (Wildman–Crippen LogP) is 4.02. The highest BCUT2D eigenvalue weighted by Crippen LogP contribution is 2.29. The first-order chi connectivity index (χ1) is 16.0. The van der Waals surface area contributed by atoms with Gasteiger partial charge in [0.05, 0.1) is 11.0 Å². The number of benzene rings is 3. The topological polar surface area (TPSA) is 78.7 Å². The number of non-ortho nitro benzene ring substituents is 1. The van der Waals surface area contributed by atoms with Crippen molar-refractivity contribution in [2.75, 3.05) is 26.2 Å². The summed E-state index contributed by atoms with van der Waals surface area (Å²) >= 11 is 5.48. The lowest BCUT2D eigenvalue weighted by Crippen LogP contribution is -2.53. The Morgan fingerprint density at radius 1 is 0.848 bits per heavy atom. The molecule has 1 amide bonds. The van der Waals surface area contributed by atoms with Crippen LogP contribution in [0, 0.1) is 10.1 Å². The van der Waals surface area contributed by atoms with Crippen molar-refractivity contribution in [3.8, 4) is 0 Å². The van der Waals surface area contributed by atoms with Crippen LogP contribution in [0.4, 0.5) is 5.69 Å². The molecule has 3 aromatic rings. The average Bonchev–Trinajstić information content (AvgIpc) is 2.86. The van der Waals surface area contributed by atoms with E-state index in [0.29, 0.717) is 23.8 Å². The average molecular weight is 461 g/mol. The fraction of sp³-hybridized carbons (Fsp3) is 0.200. The van der Waals surface area contributed by atoms with Crippen LogP contribution in [0.25, 0.3) is 0 Å². The molecule has 0 radical (unpaired) electrons. The van der Waals surface area contributed by atoms with Gasteiger partial charge in [-0.05, 0) is 35.5 Å². The summed E-state index contributed by atoms with van der Waals surface area (Å²) < 4.78 is 0. The maximum Gasteiger partial charge on any atom is 0.269 e. The number of hydrogen-bond donors (Lipinski definition) is 1. The van der Waals surface area contributed by atoms with Crippen molar-refractivity contribution in [3.63, 3.8) is 0 Å². The minimum absolute atomic E-state index is 0.0587. The maximum atomic E-state index is 12.5. The second-order valence-electron chi connectivity index (χ2n) is 7.81. The SMILES string of the molecule is O=C(NC(=S)N1CCN(C(c2ccccc2)c2ccccc2)CC1)c1ccc([N+](=O)[O-])cc1. The molecule has 0 unspecified atom stereocenters. The number of carbonyl (C=O) groups excluding carboxylic acids is 1. The molecule has 168 valence electrons. The summed E-state index contributed by atoms with van der Waals surface area (Å²) in [5.74, 6) is -0.372. The Bertz CT molecular complexity index is 1080. The molecule has 1 heterocycles. The zero-order chi connectivity index (χ0) is 23.2. The summed E-state index contributed by atoms with van der Waals surface area (Å²) in [7, 11) is 0. The Labute approximate surface area is 197 Å². The lowest BCUT2D eigenvalue weighted by Gasteiger charge is -2.40. The second kappa shape index (κ2) is 10.3. The van der Waals surface area contributed by atoms with Gasteiger partial charge in [-0.25, -0.2) is 0 Å². The fourth-order valence-electron chi connectivity index (χ4n) is 4.05. The van der Waals surface area contributed by atoms with Gasteiger partial charge < -0.3 is 4.90 Å². The number of nitro groups is 1. The maximum absolute atomic E-state index is 12.5. The molecule has 4 rings (SSSR count). The highest BCUT2D eigenvalue weighted by atomic mass is 32.1. The van der Waals surface area contributed by atoms with Crippen molar-refractivity contribution in [2.45, 2.75) is 6.04 Å². The largest absolute Gasteiger partial charge is 0.346 e. The zero-order valence-electron chi connectivity index (χ0n) is 18.0. The van der Waals surface area contributed by atoms with Crippen LogP contribution in [-0.2, 0) is 0 Å². The molecule has 3 aromatic carbocycles. The number of nitrogens with one attached hydrogen (secondary N) is 1. The van der Waals surface area contributed by atoms with Crippen LogP contribution in [0.5, 0.6) is 0 Å². The van der Waals surface area contributed by atoms with Gasteiger partial charge in [-0.15, -0.1) is 0 Å². The van der Waals surface area contributed by atoms with E-state index in [2.05, 4.69) is 58.7 Å². The van der Waals surface area contributed by atoms with E-state index in [1.165, 1.54) is 35.4 Å². The molecule has 7 nitrogen and oxygen atoms in total. The van der Waals surface area contributed by atoms with E-state index in [1.54, 1.807) is 0 Å². The first-order valence-corrected chi connectivity index (χ1v) is 11.1. The van der Waals surface area contributed by atoms with Gasteiger partial charge in [0.15, 0.2) is 5.11 Å². The molecule has 1 aliphatic heterocycles. The van der Waals surface area contributed by atoms with Gasteiger partial charge in [0, 0.05) is 43.9 Å². The van der Waals surface area contributed by atoms with Crippen LogP contribution in [0.15, 0.2) is 84.9 Å². The van der Waals surface area contributed by atoms with Crippen molar-refractivity contribution in [2.24, 2.45) is 0 Å². The summed E-state index contributed by atoms with van der Waals surface area (Å²) in [6.45, 7) is 2.97. The highest BCUT2D eigenvalue weighted by Gasteiger charge is 2.27. The molecule has 0 bridgehead atoms. The molecule has 33 heavy (non-hydrogen) atoms. The summed E-state index contributed by atoms with van der Waals surface area (Å²) in [6, 6.07) is 26.5. The van der Waals surface area contributed by atoms with E-state index in [1.807, 2.05) is 17.0 Å². The van der Waals surface area contributed by atoms with Crippen molar-refractivity contribution < 1.29 is 9.72 Å². The van der Waals surface area contributed by atoms with Gasteiger partial charge in [-0.1, -0.05) is 60.7 Å². The molecule has 1 aliphatic rings. The minimum atomic E-state index is -0.496. The third kappa shape index (κ3) is 5.42. The van der Waals surface area contributed by atoms with E-state index in [-0.39, 0.29) is 17.6 Å². The van der Waals surface area contributed by atoms with Gasteiger partial charge in [0.2, 0.25) is 0 Å². The molecule has 0 aliphatic carbocycles. The third-order valence-corrected chi connectivity index (χ3v) is 6.12. The summed E-state index contributed by atoms with van der Waals surface area (Å²) in [5, 5.41) is 13.9. The van der Waals surface area contributed by atoms with Gasteiger partial charge in [0.1, 0.15) is 0 Å². The van der Waals surface area contributed by atoms with Gasteiger partial charge in [0.25, 0.3) is 11.6 Å². The van der Waals surface area contributed by atoms with Crippen molar-refractivity contribution in [1.82, 2.24) is 15.1 Å². The molecule has 0 spiro atoms. The Morgan fingerprint density at radius 3 is 1.85 bits per heavy atom. The molecule has 8 heteroatoms. The van der Waals surface area contributed by atoms with Crippen LogP contribution >= 0.6 is 12.2 Å². The lowest BCUT2D eigenvalue weighted by molar-refractivity contribution is -0.384. The molecule has 1 N–H and O–H groups in total. The second-order valence-corrected chi connectivity index (χ2v) is 8.20. The normalized spacial score (nSPS) is 14.2. The summed E-state index contributed by atoms with van der Waals surface area (Å²) in [4.78, 5) is 27.2. The number of hydrogen-bond acceptors (Lipinski definition) is 5. The predicted molar refractivity (Wildman–Crippen MR) is 131 cm³/mol. The van der Waals surface area contributed by atoms with Crippen LogP contribution < -0.4 is 5.32 Å². The van der Waals surface area contributed by atoms with Gasteiger partial charge >= 0.3 is 0 Å². The molecule has 1 saturated heterocycles. The number of nitrogens with zero attached hydrogens (tertiary/aromatic N) is 3. The number of piperazine rings is 1. The first kappa shape index (κ1) is 22.6. The Balaban J connectivity index is 1.39. The lowest BCUT2D eigenvalue weighted by atomic mass is 9.96. The third-order valence-electron chi connectivity index (χ3n) is 5.76. The number of thiocarbonyl (C=S) groups is 1. The first-order valence-electron chi connectivity index (χ1n) is 10.7. The molecule has 0 saturated carbocycles. The molecular weight excluding hydrogens is 436 g/mol. The van der Waals surface area contributed by atoms with Crippen molar-refractivity contribution >= 4 is 28.9 Å². The quantitative estimate of drug-likeness (QED) is 0.352. The van der Waals surface area contributed by atoms with Gasteiger partial charge in [-0.2, -0.15) is 0 Å². The molecule has 1 fully saturated rings. The Morgan fingerprint density at radius 2 is 1.36 bits per heavy atom. The van der Waals surface area contributed by atoms with E-state index >= 15 is 0 Å². The van der Waals surface area contributed by atoms with Crippen LogP contribution in [-0.4, -0.2) is 51.9 Å². The van der Waals surface area contributed by atoms with Crippen LogP contribution in [0.1, 0.15) is 27.5 Å². The summed E-state index contributed by atoms with van der Waals surface area (Å²) in [6.07, 6.45) is 0. The van der Waals surface area contributed by atoms with E-state index < -0.39 is 4.92 Å². The zero-order valence-corrected chi connectivity index (χ0v) is 18.8. The number of amides is 1. The number of rotatable bonds is 5. The Hall–Kier alpha value is -3.62. The fourth-order valence-corrected chi connectivity index (χ4v) is 4.33. The molecular formula is C25H24N4O3S.